The minimum absolute atomic E-state index is 0.127. The number of rotatable bonds is 4. The molecule has 2 N–H and O–H groups in total. The van der Waals surface area contributed by atoms with E-state index in [9.17, 15) is 10.1 Å². The highest BCUT2D eigenvalue weighted by molar-refractivity contribution is 6.13. The molecule has 7 heteroatoms. The second-order valence-corrected chi connectivity index (χ2v) is 12.2. The second kappa shape index (κ2) is 9.27. The summed E-state index contributed by atoms with van der Waals surface area (Å²) in [5.41, 5.74) is 7.48. The highest BCUT2D eigenvalue weighted by Crippen LogP contribution is 2.44. The van der Waals surface area contributed by atoms with Crippen LogP contribution in [0.15, 0.2) is 21.8 Å². The van der Waals surface area contributed by atoms with E-state index >= 15 is 0 Å². The molecule has 0 radical (unpaired) electrons. The van der Waals surface area contributed by atoms with Crippen LogP contribution in [0.2, 0.25) is 0 Å². The van der Waals surface area contributed by atoms with Gasteiger partial charge in [-0.25, -0.2) is 4.79 Å². The number of ether oxygens (including phenoxy) is 1. The van der Waals surface area contributed by atoms with Crippen LogP contribution in [0, 0.1) is 49.9 Å². The van der Waals surface area contributed by atoms with E-state index in [4.69, 9.17) is 14.7 Å². The first-order valence-corrected chi connectivity index (χ1v) is 13.1. The third kappa shape index (κ3) is 4.57. The number of hydrogen-bond acceptors (Lipinski definition) is 5. The Morgan fingerprint density at radius 3 is 2.11 bits per heavy atom. The van der Waals surface area contributed by atoms with Gasteiger partial charge in [-0.05, 0) is 81.5 Å². The molecule has 0 spiro atoms. The number of H-pyrrole nitrogens is 2. The maximum absolute atomic E-state index is 12.1. The van der Waals surface area contributed by atoms with Crippen molar-refractivity contribution in [1.82, 2.24) is 9.97 Å². The van der Waals surface area contributed by atoms with Crippen molar-refractivity contribution in [1.29, 1.82) is 5.26 Å². The third-order valence-corrected chi connectivity index (χ3v) is 8.64. The summed E-state index contributed by atoms with van der Waals surface area (Å²) in [7, 11) is 1.39. The topological polar surface area (TPSA) is 106 Å². The molecular formula is C31H39N5O2. The molecule has 0 saturated heterocycles. The number of carbonyl (C=O) groups is 1. The number of aliphatic imine (C=N–C) groups is 2. The molecule has 200 valence electrons. The molecule has 0 aliphatic carbocycles. The summed E-state index contributed by atoms with van der Waals surface area (Å²) < 4.78 is 4.91. The van der Waals surface area contributed by atoms with Crippen LogP contribution in [0.3, 0.4) is 0 Å². The normalized spacial score (nSPS) is 24.1. The predicted octanol–water partition coefficient (Wildman–Crippen LogP) is 4.88. The van der Waals surface area contributed by atoms with Crippen molar-refractivity contribution in [3.8, 4) is 6.07 Å². The molecule has 2 aliphatic rings. The first-order chi connectivity index (χ1) is 17.6. The largest absolute Gasteiger partial charge is 0.464 e. The number of aromatic nitrogens is 2. The maximum atomic E-state index is 12.1. The molecule has 0 amide bonds. The van der Waals surface area contributed by atoms with Gasteiger partial charge in [0.1, 0.15) is 11.2 Å². The Kier molecular flexibility index (Phi) is 6.68. The molecule has 0 saturated carbocycles. The minimum Gasteiger partial charge on any atom is -0.464 e. The van der Waals surface area contributed by atoms with Crippen LogP contribution in [0.5, 0.6) is 0 Å². The molecule has 1 unspecified atom stereocenters. The van der Waals surface area contributed by atoms with Crippen LogP contribution in [-0.4, -0.2) is 40.0 Å². The Labute approximate surface area is 225 Å². The van der Waals surface area contributed by atoms with Crippen molar-refractivity contribution in [2.24, 2.45) is 20.8 Å². The van der Waals surface area contributed by atoms with E-state index in [2.05, 4.69) is 69.7 Å². The van der Waals surface area contributed by atoms with E-state index < -0.39 is 5.54 Å². The fourth-order valence-electron chi connectivity index (χ4n) is 5.22. The van der Waals surface area contributed by atoms with Crippen LogP contribution in [0.25, 0.3) is 12.2 Å². The average Bonchev–Trinajstić information content (AvgIpc) is 3.46. The van der Waals surface area contributed by atoms with Gasteiger partial charge in [-0.15, -0.1) is 0 Å². The number of hydrogen-bond donors (Lipinski definition) is 2. The Hall–Kier alpha value is -3.66. The van der Waals surface area contributed by atoms with Crippen molar-refractivity contribution >= 4 is 29.5 Å². The molecule has 7 nitrogen and oxygen atoms in total. The molecule has 0 fully saturated rings. The molecule has 38 heavy (non-hydrogen) atoms. The Morgan fingerprint density at radius 2 is 1.53 bits per heavy atom. The molecule has 1 atom stereocenters. The number of nitriles is 1. The highest BCUT2D eigenvalue weighted by Gasteiger charge is 2.47. The molecule has 4 rings (SSSR count). The summed E-state index contributed by atoms with van der Waals surface area (Å²) in [6.07, 6.45) is 7.85. The van der Waals surface area contributed by atoms with Crippen molar-refractivity contribution in [2.45, 2.75) is 80.7 Å². The van der Waals surface area contributed by atoms with Crippen LogP contribution in [0.1, 0.15) is 85.9 Å². The van der Waals surface area contributed by atoms with Gasteiger partial charge in [-0.1, -0.05) is 27.7 Å². The lowest BCUT2D eigenvalue weighted by Gasteiger charge is -2.29. The van der Waals surface area contributed by atoms with Gasteiger partial charge in [-0.2, -0.15) is 5.26 Å². The number of nitrogens with one attached hydrogen (secondary N) is 2. The third-order valence-electron chi connectivity index (χ3n) is 8.64. The summed E-state index contributed by atoms with van der Waals surface area (Å²) in [5, 5.41) is 11.7. The number of carbonyl (C=O) groups excluding carboxylic acids is 1. The van der Waals surface area contributed by atoms with Gasteiger partial charge in [0.15, 0.2) is 0 Å². The van der Waals surface area contributed by atoms with Crippen LogP contribution in [-0.2, 0) is 4.74 Å². The van der Waals surface area contributed by atoms with Crippen molar-refractivity contribution < 1.29 is 9.53 Å². The SMILES string of the molecule is COC(=O)c1[nH]c(/C=c2\[nH]/c(=C/C3=NC(=C\C4=NC(C)(C#N)C(C)(C)C4)/C(C)(C)C3)c(C)c2C)c(C)c1C. The summed E-state index contributed by atoms with van der Waals surface area (Å²) >= 11 is 0. The number of methoxy groups -OCH3 is 1. The first-order valence-electron chi connectivity index (χ1n) is 13.1. The van der Waals surface area contributed by atoms with Crippen molar-refractivity contribution in [3.63, 3.8) is 0 Å². The minimum atomic E-state index is -0.722. The average molecular weight is 514 g/mol. The van der Waals surface area contributed by atoms with E-state index in [1.165, 1.54) is 7.11 Å². The van der Waals surface area contributed by atoms with E-state index in [1.807, 2.05) is 26.8 Å². The quantitative estimate of drug-likeness (QED) is 0.569. The summed E-state index contributed by atoms with van der Waals surface area (Å²) in [6, 6.07) is 2.40. The van der Waals surface area contributed by atoms with Crippen molar-refractivity contribution in [3.05, 3.63) is 56.1 Å². The maximum Gasteiger partial charge on any atom is 0.354 e. The zero-order valence-electron chi connectivity index (χ0n) is 24.3. The molecule has 0 aromatic carbocycles. The molecule has 2 aromatic rings. The first kappa shape index (κ1) is 27.4. The lowest BCUT2D eigenvalue weighted by atomic mass is 9.74. The van der Waals surface area contributed by atoms with E-state index in [-0.39, 0.29) is 16.8 Å². The van der Waals surface area contributed by atoms with Crippen LogP contribution >= 0.6 is 0 Å². The van der Waals surface area contributed by atoms with Gasteiger partial charge < -0.3 is 14.7 Å². The number of esters is 1. The smallest absolute Gasteiger partial charge is 0.354 e. The fourth-order valence-corrected chi connectivity index (χ4v) is 5.22. The van der Waals surface area contributed by atoms with Gasteiger partial charge in [-0.3, -0.25) is 9.98 Å². The second-order valence-electron chi connectivity index (χ2n) is 12.2. The van der Waals surface area contributed by atoms with Gasteiger partial charge in [0.05, 0.1) is 13.2 Å². The number of allylic oxidation sites excluding steroid dienone is 2. The Balaban J connectivity index is 1.73. The van der Waals surface area contributed by atoms with E-state index in [0.717, 1.165) is 68.6 Å². The fraction of sp³-hybridized carbons (Fsp3) is 0.484. The van der Waals surface area contributed by atoms with Gasteiger partial charge in [0.25, 0.3) is 0 Å². The van der Waals surface area contributed by atoms with Crippen LogP contribution < -0.4 is 10.7 Å². The van der Waals surface area contributed by atoms with E-state index in [0.29, 0.717) is 5.69 Å². The van der Waals surface area contributed by atoms with Crippen LogP contribution in [0.4, 0.5) is 0 Å². The standard InChI is InChI=1S/C31H39N5O2/c1-17-18(2)24(13-25-19(3)20(4)27(35-25)28(37)38-10)34-23(17)11-21-14-29(5,6)26(33-21)12-22-15-30(7,8)31(9,16-32)36-22/h11-13,34-35H,14-15H2,1-10H3/b23-11+,24-13-,26-12-. The lowest BCUT2D eigenvalue weighted by molar-refractivity contribution is 0.0594. The highest BCUT2D eigenvalue weighted by atomic mass is 16.5. The molecule has 2 aromatic heterocycles. The number of nitrogens with zero attached hydrogens (tertiary/aromatic N) is 3. The molecule has 2 aliphatic heterocycles. The molecule has 0 bridgehead atoms. The lowest BCUT2D eigenvalue weighted by Crippen LogP contribution is -2.34. The van der Waals surface area contributed by atoms with Gasteiger partial charge in [0, 0.05) is 50.8 Å². The number of aromatic amines is 2. The molecule has 4 heterocycles. The predicted molar refractivity (Wildman–Crippen MR) is 153 cm³/mol. The Morgan fingerprint density at radius 1 is 0.895 bits per heavy atom. The summed E-state index contributed by atoms with van der Waals surface area (Å²) in [4.78, 5) is 28.7. The van der Waals surface area contributed by atoms with Gasteiger partial charge >= 0.3 is 5.97 Å². The van der Waals surface area contributed by atoms with Gasteiger partial charge in [0.2, 0.25) is 0 Å². The summed E-state index contributed by atoms with van der Waals surface area (Å²) in [6.45, 7) is 18.7. The zero-order chi connectivity index (χ0) is 28.2. The summed E-state index contributed by atoms with van der Waals surface area (Å²) in [5.74, 6) is -0.367. The molecular weight excluding hydrogens is 474 g/mol. The van der Waals surface area contributed by atoms with E-state index in [1.54, 1.807) is 0 Å². The Bertz CT molecular complexity index is 1580. The monoisotopic (exact) mass is 513 g/mol. The zero-order valence-corrected chi connectivity index (χ0v) is 24.3. The van der Waals surface area contributed by atoms with Crippen molar-refractivity contribution in [2.75, 3.05) is 7.11 Å².